The van der Waals surface area contributed by atoms with Gasteiger partial charge in [-0.3, -0.25) is 0 Å². The molecule has 2 aliphatic carbocycles. The van der Waals surface area contributed by atoms with Gasteiger partial charge in [0.25, 0.3) is 0 Å². The second-order valence-corrected chi connectivity index (χ2v) is 13.3. The van der Waals surface area contributed by atoms with Crippen LogP contribution >= 0.6 is 43.0 Å². The van der Waals surface area contributed by atoms with Crippen molar-refractivity contribution in [3.05, 3.63) is 0 Å². The first-order valence-corrected chi connectivity index (χ1v) is 11.6. The van der Waals surface area contributed by atoms with Gasteiger partial charge in [0.2, 0.25) is 0 Å². The monoisotopic (exact) mass is 504 g/mol. The van der Waals surface area contributed by atoms with E-state index in [-0.39, 0.29) is 15.9 Å². The van der Waals surface area contributed by atoms with E-state index < -0.39 is 23.8 Å². The second kappa shape index (κ2) is 4.01. The molecule has 0 aromatic heterocycles. The fourth-order valence-electron chi connectivity index (χ4n) is 4.49. The minimum atomic E-state index is -1.13. The predicted octanol–water partition coefficient (Wildman–Crippen LogP) is 1.94. The number of carbonyl (C=O) groups excluding carboxylic acids is 1. The number of rotatable bonds is 3. The molecular formula is C13H18I2N2O3. The average Bonchev–Trinajstić information content (AvgIpc) is 3.05. The van der Waals surface area contributed by atoms with Crippen LogP contribution in [0, 0.1) is 23.7 Å². The Kier molecular flexibility index (Phi) is 2.66. The van der Waals surface area contributed by atoms with Crippen molar-refractivity contribution in [1.82, 2.24) is 7.06 Å². The zero-order valence-corrected chi connectivity index (χ0v) is 15.5. The van der Waals surface area contributed by atoms with Crippen LogP contribution in [0.25, 0.3) is 0 Å². The minimum absolute atomic E-state index is 0.0543. The molecule has 0 spiro atoms. The van der Waals surface area contributed by atoms with Crippen LogP contribution in [0.2, 0.25) is 0 Å². The molecule has 5 rings (SSSR count). The summed E-state index contributed by atoms with van der Waals surface area (Å²) in [6.07, 6.45) is 3.70. The first kappa shape index (κ1) is 13.3. The summed E-state index contributed by atoms with van der Waals surface area (Å²) < 4.78 is 18.0. The van der Waals surface area contributed by atoms with Crippen LogP contribution in [0.4, 0.5) is 0 Å². The molecule has 2 bridgehead atoms. The average molecular weight is 504 g/mol. The van der Waals surface area contributed by atoms with Gasteiger partial charge in [-0.1, -0.05) is 0 Å². The molecule has 20 heavy (non-hydrogen) atoms. The Morgan fingerprint density at radius 3 is 2.85 bits per heavy atom. The Morgan fingerprint density at radius 2 is 2.15 bits per heavy atom. The molecule has 0 aromatic rings. The van der Waals surface area contributed by atoms with Gasteiger partial charge in [-0.2, -0.15) is 0 Å². The van der Waals surface area contributed by atoms with E-state index >= 15 is 0 Å². The number of halogens is 2. The van der Waals surface area contributed by atoms with Gasteiger partial charge in [0, 0.05) is 0 Å². The normalized spacial score (nSPS) is 50.3. The number of nitrogens with one attached hydrogen (secondary N) is 2. The fourth-order valence-corrected chi connectivity index (χ4v) is 12.3. The number of hydrogen-bond donors (Lipinski definition) is 2. The van der Waals surface area contributed by atoms with Crippen molar-refractivity contribution < 1.29 is 14.3 Å². The molecule has 5 fully saturated rings. The molecule has 112 valence electrons. The summed E-state index contributed by atoms with van der Waals surface area (Å²) >= 11 is 1.11. The third-order valence-electron chi connectivity index (χ3n) is 5.84. The van der Waals surface area contributed by atoms with Crippen molar-refractivity contribution in [2.45, 2.75) is 39.6 Å². The Balaban J connectivity index is 1.31. The van der Waals surface area contributed by atoms with Crippen LogP contribution in [0.15, 0.2) is 0 Å². The Labute approximate surface area is 139 Å². The van der Waals surface area contributed by atoms with Crippen LogP contribution in [-0.2, 0) is 14.3 Å². The number of hydrogen-bond acceptors (Lipinski definition) is 5. The van der Waals surface area contributed by atoms with Crippen molar-refractivity contribution in [1.29, 1.82) is 0 Å². The number of alkyl halides is 2. The summed E-state index contributed by atoms with van der Waals surface area (Å²) in [6.45, 7) is 2.77. The zero-order chi connectivity index (χ0) is 13.7. The first-order chi connectivity index (χ1) is 9.53. The van der Waals surface area contributed by atoms with Crippen molar-refractivity contribution >= 4 is 48.9 Å². The van der Waals surface area contributed by atoms with E-state index in [0.717, 1.165) is 18.4 Å². The number of esters is 1. The quantitative estimate of drug-likeness (QED) is 0.154. The summed E-state index contributed by atoms with van der Waals surface area (Å²) in [7, 11) is 0. The molecule has 2 saturated carbocycles. The van der Waals surface area contributed by atoms with Gasteiger partial charge in [0.05, 0.1) is 0 Å². The summed E-state index contributed by atoms with van der Waals surface area (Å²) in [5, 5.41) is 0. The van der Waals surface area contributed by atoms with E-state index in [2.05, 4.69) is 29.7 Å². The van der Waals surface area contributed by atoms with Crippen LogP contribution < -0.4 is 7.06 Å². The molecule has 0 aromatic carbocycles. The van der Waals surface area contributed by atoms with E-state index in [1.165, 1.54) is 19.3 Å². The van der Waals surface area contributed by atoms with Crippen LogP contribution in [0.1, 0.15) is 26.2 Å². The number of carbonyl (C=O) groups is 1. The SMILES string of the molecule is CC(I)(C(=O)OC1OCC2C3CCC(C3)C12)C12NI1N2. The van der Waals surface area contributed by atoms with Crippen molar-refractivity contribution in [2.75, 3.05) is 6.61 Å². The van der Waals surface area contributed by atoms with Crippen molar-refractivity contribution in [2.24, 2.45) is 23.7 Å². The second-order valence-electron chi connectivity index (χ2n) is 6.82. The molecule has 5 aliphatic rings. The number of fused-ring (bicyclic) bond motifs is 6. The maximum atomic E-state index is 12.6. The Bertz CT molecular complexity index is 494. The standard InChI is InChI=1S/C13H18I2N2O3/c1-12(14,13-15(16-13)17-13)11(18)20-10-9-7-3-2-6(4-7)8(9)5-19-10/h6-10,16-17H,2-5H2,1H3. The topological polar surface area (TPSA) is 79.4 Å². The fraction of sp³-hybridized carbons (Fsp3) is 0.923. The van der Waals surface area contributed by atoms with E-state index in [4.69, 9.17) is 9.47 Å². The molecule has 6 atom stereocenters. The Morgan fingerprint density at radius 1 is 1.45 bits per heavy atom. The predicted molar refractivity (Wildman–Crippen MR) is 89.1 cm³/mol. The molecule has 3 aliphatic heterocycles. The molecule has 0 radical (unpaired) electrons. The molecule has 2 N–H and O–H groups in total. The van der Waals surface area contributed by atoms with Crippen LogP contribution in [-0.4, -0.2) is 26.0 Å². The molecule has 3 heterocycles. The first-order valence-electron chi connectivity index (χ1n) is 7.30. The van der Waals surface area contributed by atoms with Gasteiger partial charge in [-0.05, 0) is 0 Å². The zero-order valence-electron chi connectivity index (χ0n) is 11.2. The summed E-state index contributed by atoms with van der Waals surface area (Å²) in [5.74, 6) is 2.56. The molecule has 6 unspecified atom stereocenters. The van der Waals surface area contributed by atoms with E-state index in [1.807, 2.05) is 6.92 Å². The van der Waals surface area contributed by atoms with Gasteiger partial charge >= 0.3 is 140 Å². The molecular weight excluding hydrogens is 486 g/mol. The van der Waals surface area contributed by atoms with Crippen molar-refractivity contribution in [3.8, 4) is 0 Å². The van der Waals surface area contributed by atoms with Crippen LogP contribution in [0.3, 0.4) is 0 Å². The molecule has 5 nitrogen and oxygen atoms in total. The van der Waals surface area contributed by atoms with Gasteiger partial charge < -0.3 is 0 Å². The van der Waals surface area contributed by atoms with Gasteiger partial charge in [0.1, 0.15) is 0 Å². The van der Waals surface area contributed by atoms with Gasteiger partial charge in [-0.15, -0.1) is 0 Å². The van der Waals surface area contributed by atoms with Crippen molar-refractivity contribution in [3.63, 3.8) is 0 Å². The van der Waals surface area contributed by atoms with E-state index in [9.17, 15) is 4.79 Å². The molecule has 3 saturated heterocycles. The molecule has 7 heteroatoms. The maximum absolute atomic E-state index is 12.6. The van der Waals surface area contributed by atoms with Gasteiger partial charge in [0.15, 0.2) is 0 Å². The van der Waals surface area contributed by atoms with E-state index in [1.54, 1.807) is 0 Å². The van der Waals surface area contributed by atoms with E-state index in [0.29, 0.717) is 11.8 Å². The summed E-state index contributed by atoms with van der Waals surface area (Å²) in [4.78, 5) is 12.6. The third-order valence-corrected chi connectivity index (χ3v) is 13.0. The summed E-state index contributed by atoms with van der Waals surface area (Å²) in [6, 6.07) is 0. The molecule has 0 amide bonds. The Hall–Kier alpha value is 0.810. The summed E-state index contributed by atoms with van der Waals surface area (Å²) in [5.41, 5.74) is 0. The van der Waals surface area contributed by atoms with Crippen LogP contribution in [0.5, 0.6) is 0 Å². The van der Waals surface area contributed by atoms with Gasteiger partial charge in [-0.25, -0.2) is 0 Å². The number of ether oxygens (including phenoxy) is 2. The third kappa shape index (κ3) is 1.56.